The second kappa shape index (κ2) is 6.29. The van der Waals surface area contributed by atoms with E-state index in [0.29, 0.717) is 0 Å². The van der Waals surface area contributed by atoms with E-state index >= 15 is 0 Å². The molecule has 0 bridgehead atoms. The molecule has 21 heavy (non-hydrogen) atoms. The lowest BCUT2D eigenvalue weighted by Gasteiger charge is -2.42. The fourth-order valence-electron chi connectivity index (χ4n) is 2.80. The summed E-state index contributed by atoms with van der Waals surface area (Å²) in [7, 11) is 0. The molecule has 3 atom stereocenters. The smallest absolute Gasteiger partial charge is 0.250 e. The van der Waals surface area contributed by atoms with E-state index in [0.717, 1.165) is 12.1 Å². The number of hydrogen-bond acceptors (Lipinski definition) is 2. The van der Waals surface area contributed by atoms with Crippen LogP contribution in [0.1, 0.15) is 34.1 Å². The largest absolute Gasteiger partial charge is 0.342 e. The van der Waals surface area contributed by atoms with Gasteiger partial charge in [-0.25, -0.2) is 0 Å². The van der Waals surface area contributed by atoms with Crippen LogP contribution in [-0.4, -0.2) is 23.9 Å². The summed E-state index contributed by atoms with van der Waals surface area (Å²) in [4.78, 5) is 27.1. The SMILES string of the molecule is CCC(C)C1NC(=O)C(C(C)C)N(c2ccccc2)C1=O. The molecule has 0 saturated carbocycles. The molecule has 1 fully saturated rings. The molecule has 0 aliphatic carbocycles. The van der Waals surface area contributed by atoms with Gasteiger partial charge in [0.2, 0.25) is 5.91 Å². The third-order valence-corrected chi connectivity index (χ3v) is 4.23. The Morgan fingerprint density at radius 3 is 2.29 bits per heavy atom. The molecule has 1 saturated heterocycles. The number of piperazine rings is 1. The highest BCUT2D eigenvalue weighted by atomic mass is 16.2. The second-order valence-corrected chi connectivity index (χ2v) is 6.10. The summed E-state index contributed by atoms with van der Waals surface area (Å²) in [6.07, 6.45) is 0.853. The van der Waals surface area contributed by atoms with Crippen molar-refractivity contribution in [2.24, 2.45) is 11.8 Å². The molecule has 1 N–H and O–H groups in total. The van der Waals surface area contributed by atoms with E-state index in [1.165, 1.54) is 0 Å². The molecule has 0 aromatic heterocycles. The summed E-state index contributed by atoms with van der Waals surface area (Å²) in [6, 6.07) is 8.60. The fourth-order valence-corrected chi connectivity index (χ4v) is 2.80. The Labute approximate surface area is 126 Å². The second-order valence-electron chi connectivity index (χ2n) is 6.10. The van der Waals surface area contributed by atoms with Crippen LogP contribution >= 0.6 is 0 Å². The van der Waals surface area contributed by atoms with Gasteiger partial charge in [0.1, 0.15) is 12.1 Å². The maximum atomic E-state index is 12.9. The monoisotopic (exact) mass is 288 g/mol. The maximum Gasteiger partial charge on any atom is 0.250 e. The number of para-hydroxylation sites is 1. The van der Waals surface area contributed by atoms with E-state index in [1.54, 1.807) is 4.90 Å². The van der Waals surface area contributed by atoms with Crippen LogP contribution in [0.4, 0.5) is 5.69 Å². The molecule has 1 heterocycles. The zero-order chi connectivity index (χ0) is 15.6. The van der Waals surface area contributed by atoms with E-state index in [9.17, 15) is 9.59 Å². The van der Waals surface area contributed by atoms with Crippen molar-refractivity contribution >= 4 is 17.5 Å². The first-order valence-corrected chi connectivity index (χ1v) is 7.65. The van der Waals surface area contributed by atoms with Gasteiger partial charge in [0, 0.05) is 5.69 Å². The summed E-state index contributed by atoms with van der Waals surface area (Å²) >= 11 is 0. The number of nitrogens with one attached hydrogen (secondary N) is 1. The number of rotatable bonds is 4. The molecular formula is C17H24N2O2. The lowest BCUT2D eigenvalue weighted by molar-refractivity contribution is -0.136. The molecule has 1 aromatic carbocycles. The Morgan fingerprint density at radius 2 is 1.76 bits per heavy atom. The molecule has 114 valence electrons. The van der Waals surface area contributed by atoms with Gasteiger partial charge in [-0.15, -0.1) is 0 Å². The van der Waals surface area contributed by atoms with Crippen molar-refractivity contribution in [3.8, 4) is 0 Å². The van der Waals surface area contributed by atoms with Gasteiger partial charge in [-0.05, 0) is 24.0 Å². The number of hydrogen-bond donors (Lipinski definition) is 1. The van der Waals surface area contributed by atoms with Crippen LogP contribution in [0.3, 0.4) is 0 Å². The number of benzene rings is 1. The number of nitrogens with zero attached hydrogens (tertiary/aromatic N) is 1. The van der Waals surface area contributed by atoms with E-state index < -0.39 is 12.1 Å². The van der Waals surface area contributed by atoms with Gasteiger partial charge in [-0.1, -0.05) is 52.3 Å². The van der Waals surface area contributed by atoms with Crippen molar-refractivity contribution in [3.05, 3.63) is 30.3 Å². The third-order valence-electron chi connectivity index (χ3n) is 4.23. The minimum absolute atomic E-state index is 0.00569. The van der Waals surface area contributed by atoms with Gasteiger partial charge >= 0.3 is 0 Å². The third kappa shape index (κ3) is 2.94. The fraction of sp³-hybridized carbons (Fsp3) is 0.529. The summed E-state index contributed by atoms with van der Waals surface area (Å²) in [5.41, 5.74) is 0.796. The average Bonchev–Trinajstić information content (AvgIpc) is 2.48. The van der Waals surface area contributed by atoms with Gasteiger partial charge in [0.15, 0.2) is 0 Å². The molecule has 2 amide bonds. The molecule has 1 aromatic rings. The van der Waals surface area contributed by atoms with Crippen LogP contribution in [0.15, 0.2) is 30.3 Å². The average molecular weight is 288 g/mol. The quantitative estimate of drug-likeness (QED) is 0.925. The first-order valence-electron chi connectivity index (χ1n) is 7.65. The molecule has 3 unspecified atom stereocenters. The molecule has 2 rings (SSSR count). The van der Waals surface area contributed by atoms with Crippen molar-refractivity contribution in [2.75, 3.05) is 4.90 Å². The van der Waals surface area contributed by atoms with Gasteiger partial charge in [0.05, 0.1) is 0 Å². The van der Waals surface area contributed by atoms with Crippen LogP contribution in [-0.2, 0) is 9.59 Å². The number of amides is 2. The molecule has 0 spiro atoms. The van der Waals surface area contributed by atoms with Crippen LogP contribution < -0.4 is 10.2 Å². The minimum Gasteiger partial charge on any atom is -0.342 e. The van der Waals surface area contributed by atoms with E-state index in [-0.39, 0.29) is 23.7 Å². The maximum absolute atomic E-state index is 12.9. The summed E-state index contributed by atoms with van der Waals surface area (Å²) in [5, 5.41) is 2.92. The van der Waals surface area contributed by atoms with Crippen molar-refractivity contribution in [3.63, 3.8) is 0 Å². The molecule has 4 heteroatoms. The number of carbonyl (C=O) groups excluding carboxylic acids is 2. The molecule has 0 radical (unpaired) electrons. The predicted octanol–water partition coefficient (Wildman–Crippen LogP) is 2.59. The summed E-state index contributed by atoms with van der Waals surface area (Å²) in [5.74, 6) is 0.125. The Morgan fingerprint density at radius 1 is 1.14 bits per heavy atom. The first kappa shape index (κ1) is 15.5. The highest BCUT2D eigenvalue weighted by Gasteiger charge is 2.44. The Kier molecular flexibility index (Phi) is 4.66. The summed E-state index contributed by atoms with van der Waals surface area (Å²) in [6.45, 7) is 7.97. The summed E-state index contributed by atoms with van der Waals surface area (Å²) < 4.78 is 0. The standard InChI is InChI=1S/C17H24N2O2/c1-5-12(4)14-17(21)19(13-9-7-6-8-10-13)15(11(2)3)16(20)18-14/h6-12,14-15H,5H2,1-4H3,(H,18,20). The molecule has 4 nitrogen and oxygen atoms in total. The normalized spacial score (nSPS) is 24.1. The Hall–Kier alpha value is -1.84. The Balaban J connectivity index is 2.43. The van der Waals surface area contributed by atoms with E-state index in [4.69, 9.17) is 0 Å². The van der Waals surface area contributed by atoms with E-state index in [1.807, 2.05) is 58.0 Å². The zero-order valence-corrected chi connectivity index (χ0v) is 13.2. The van der Waals surface area contributed by atoms with Crippen molar-refractivity contribution in [2.45, 2.75) is 46.2 Å². The zero-order valence-electron chi connectivity index (χ0n) is 13.2. The Bertz CT molecular complexity index is 513. The van der Waals surface area contributed by atoms with Crippen molar-refractivity contribution in [1.29, 1.82) is 0 Å². The number of anilines is 1. The highest BCUT2D eigenvalue weighted by molar-refractivity contribution is 6.08. The van der Waals surface area contributed by atoms with Crippen LogP contribution in [0.25, 0.3) is 0 Å². The van der Waals surface area contributed by atoms with Crippen LogP contribution in [0, 0.1) is 11.8 Å². The van der Waals surface area contributed by atoms with Crippen molar-refractivity contribution < 1.29 is 9.59 Å². The first-order chi connectivity index (χ1) is 9.97. The van der Waals surface area contributed by atoms with Gasteiger partial charge in [0.25, 0.3) is 5.91 Å². The van der Waals surface area contributed by atoms with Gasteiger partial charge < -0.3 is 5.32 Å². The van der Waals surface area contributed by atoms with Crippen LogP contribution in [0.5, 0.6) is 0 Å². The van der Waals surface area contributed by atoms with Gasteiger partial charge in [-0.3, -0.25) is 14.5 Å². The predicted molar refractivity (Wildman–Crippen MR) is 83.9 cm³/mol. The minimum atomic E-state index is -0.444. The molecular weight excluding hydrogens is 264 g/mol. The topological polar surface area (TPSA) is 49.4 Å². The molecule has 1 aliphatic rings. The van der Waals surface area contributed by atoms with E-state index in [2.05, 4.69) is 5.32 Å². The van der Waals surface area contributed by atoms with Gasteiger partial charge in [-0.2, -0.15) is 0 Å². The molecule has 1 aliphatic heterocycles. The van der Waals surface area contributed by atoms with Crippen molar-refractivity contribution in [1.82, 2.24) is 5.32 Å². The van der Waals surface area contributed by atoms with Crippen LogP contribution in [0.2, 0.25) is 0 Å². The lowest BCUT2D eigenvalue weighted by atomic mass is 9.90. The number of carbonyl (C=O) groups is 2. The highest BCUT2D eigenvalue weighted by Crippen LogP contribution is 2.27. The lowest BCUT2D eigenvalue weighted by Crippen LogP contribution is -2.66.